The van der Waals surface area contributed by atoms with Crippen LogP contribution in [-0.2, 0) is 26.2 Å². The number of hydrogen-bond donors (Lipinski definition) is 0. The maximum absolute atomic E-state index is 5.83. The van der Waals surface area contributed by atoms with Crippen LogP contribution in [0.15, 0.2) is 85.1 Å². The van der Waals surface area contributed by atoms with Crippen molar-refractivity contribution in [3.63, 3.8) is 0 Å². The Morgan fingerprint density at radius 3 is 2.26 bits per heavy atom. The molecule has 0 unspecified atom stereocenters. The van der Waals surface area contributed by atoms with Gasteiger partial charge in [0.25, 0.3) is 0 Å². The summed E-state index contributed by atoms with van der Waals surface area (Å²) in [5.74, 6) is 2.71. The molecule has 0 radical (unpaired) electrons. The van der Waals surface area contributed by atoms with Crippen molar-refractivity contribution in [1.29, 1.82) is 0 Å². The summed E-state index contributed by atoms with van der Waals surface area (Å²) in [7, 11) is 0. The zero-order chi connectivity index (χ0) is 23.2. The van der Waals surface area contributed by atoms with E-state index in [4.69, 9.17) is 14.5 Å². The molecule has 1 aliphatic heterocycles. The fourth-order valence-corrected chi connectivity index (χ4v) is 4.51. The molecular formula is C29H31N3O2. The largest absolute Gasteiger partial charge is 0.486 e. The minimum Gasteiger partial charge on any atom is -0.486 e. The Hall–Kier alpha value is -3.57. The standard InChI is InChI=1S/C29H31N3O2/c1-2-15-32-26(19-30-29(32)25-11-7-4-8-12-25)22-31(20-23-9-5-3-6-10-23)21-24-13-14-27-28(18-24)34-17-16-33-27/h3-14,18-19H,2,15-17,20-22H2,1H3. The van der Waals surface area contributed by atoms with Crippen LogP contribution in [0.4, 0.5) is 0 Å². The van der Waals surface area contributed by atoms with Crippen molar-refractivity contribution in [2.75, 3.05) is 13.2 Å². The summed E-state index contributed by atoms with van der Waals surface area (Å²) in [4.78, 5) is 7.30. The zero-order valence-electron chi connectivity index (χ0n) is 19.7. The summed E-state index contributed by atoms with van der Waals surface area (Å²) in [5.41, 5.74) is 4.90. The normalized spacial score (nSPS) is 12.8. The molecule has 0 amide bonds. The lowest BCUT2D eigenvalue weighted by Crippen LogP contribution is -2.24. The first-order valence-electron chi connectivity index (χ1n) is 12.0. The number of nitrogens with zero attached hydrogens (tertiary/aromatic N) is 3. The van der Waals surface area contributed by atoms with Crippen molar-refractivity contribution in [2.24, 2.45) is 0 Å². The van der Waals surface area contributed by atoms with Crippen molar-refractivity contribution in [1.82, 2.24) is 14.5 Å². The van der Waals surface area contributed by atoms with Gasteiger partial charge < -0.3 is 14.0 Å². The number of hydrogen-bond acceptors (Lipinski definition) is 4. The van der Waals surface area contributed by atoms with Crippen LogP contribution in [0.1, 0.15) is 30.2 Å². The van der Waals surface area contributed by atoms with E-state index >= 15 is 0 Å². The van der Waals surface area contributed by atoms with Gasteiger partial charge in [-0.15, -0.1) is 0 Å². The molecule has 5 rings (SSSR count). The average Bonchev–Trinajstić information content (AvgIpc) is 3.27. The first kappa shape index (κ1) is 22.2. The molecule has 2 heterocycles. The Labute approximate surface area is 201 Å². The maximum Gasteiger partial charge on any atom is 0.161 e. The Morgan fingerprint density at radius 1 is 0.794 bits per heavy atom. The molecule has 34 heavy (non-hydrogen) atoms. The van der Waals surface area contributed by atoms with Crippen LogP contribution < -0.4 is 9.47 Å². The third kappa shape index (κ3) is 5.15. The van der Waals surface area contributed by atoms with Crippen molar-refractivity contribution >= 4 is 0 Å². The second-order valence-corrected chi connectivity index (χ2v) is 8.70. The van der Waals surface area contributed by atoms with Crippen LogP contribution in [0.3, 0.4) is 0 Å². The van der Waals surface area contributed by atoms with E-state index in [1.54, 1.807) is 0 Å². The maximum atomic E-state index is 5.83. The lowest BCUT2D eigenvalue weighted by atomic mass is 10.1. The summed E-state index contributed by atoms with van der Waals surface area (Å²) in [6.45, 7) is 6.85. The third-order valence-electron chi connectivity index (χ3n) is 6.06. The Kier molecular flexibility index (Phi) is 6.91. The molecule has 3 aromatic carbocycles. The second kappa shape index (κ2) is 10.6. The van der Waals surface area contributed by atoms with E-state index in [9.17, 15) is 0 Å². The lowest BCUT2D eigenvalue weighted by Gasteiger charge is -2.25. The van der Waals surface area contributed by atoms with E-state index in [0.29, 0.717) is 13.2 Å². The van der Waals surface area contributed by atoms with E-state index in [1.807, 2.05) is 18.3 Å². The van der Waals surface area contributed by atoms with E-state index < -0.39 is 0 Å². The third-order valence-corrected chi connectivity index (χ3v) is 6.06. The molecule has 174 valence electrons. The quantitative estimate of drug-likeness (QED) is 0.315. The summed E-state index contributed by atoms with van der Waals surface area (Å²) in [5, 5.41) is 0. The fourth-order valence-electron chi connectivity index (χ4n) is 4.51. The molecule has 5 heteroatoms. The molecule has 4 aromatic rings. The minimum absolute atomic E-state index is 0.600. The first-order chi connectivity index (χ1) is 16.8. The van der Waals surface area contributed by atoms with E-state index in [2.05, 4.69) is 83.1 Å². The molecule has 0 aliphatic carbocycles. The van der Waals surface area contributed by atoms with Gasteiger partial charge in [0.15, 0.2) is 11.5 Å². The summed E-state index contributed by atoms with van der Waals surface area (Å²) >= 11 is 0. The van der Waals surface area contributed by atoms with Crippen LogP contribution >= 0.6 is 0 Å². The molecule has 1 aromatic heterocycles. The van der Waals surface area contributed by atoms with Crippen LogP contribution in [0.25, 0.3) is 11.4 Å². The van der Waals surface area contributed by atoms with Gasteiger partial charge in [-0.3, -0.25) is 4.90 Å². The zero-order valence-corrected chi connectivity index (χ0v) is 19.7. The molecule has 1 aliphatic rings. The van der Waals surface area contributed by atoms with E-state index in [0.717, 1.165) is 55.5 Å². The molecule has 0 fully saturated rings. The SMILES string of the molecule is CCCn1c(CN(Cc2ccccc2)Cc2ccc3c(c2)OCCO3)cnc1-c1ccccc1. The van der Waals surface area contributed by atoms with Gasteiger partial charge in [0, 0.05) is 31.7 Å². The Morgan fingerprint density at radius 2 is 1.50 bits per heavy atom. The van der Waals surface area contributed by atoms with E-state index in [-0.39, 0.29) is 0 Å². The van der Waals surface area contributed by atoms with Gasteiger partial charge >= 0.3 is 0 Å². The van der Waals surface area contributed by atoms with Gasteiger partial charge in [0.1, 0.15) is 19.0 Å². The van der Waals surface area contributed by atoms with Gasteiger partial charge in [-0.1, -0.05) is 73.7 Å². The molecule has 5 nitrogen and oxygen atoms in total. The number of fused-ring (bicyclic) bond motifs is 1. The Balaban J connectivity index is 1.43. The molecule has 0 atom stereocenters. The van der Waals surface area contributed by atoms with Crippen molar-refractivity contribution in [2.45, 2.75) is 39.5 Å². The predicted octanol–water partition coefficient (Wildman–Crippen LogP) is 5.93. The highest BCUT2D eigenvalue weighted by atomic mass is 16.6. The van der Waals surface area contributed by atoms with Gasteiger partial charge in [0.2, 0.25) is 0 Å². The minimum atomic E-state index is 0.600. The average molecular weight is 454 g/mol. The van der Waals surface area contributed by atoms with Crippen LogP contribution in [0.5, 0.6) is 11.5 Å². The van der Waals surface area contributed by atoms with Gasteiger partial charge in [-0.05, 0) is 29.7 Å². The highest BCUT2D eigenvalue weighted by Crippen LogP contribution is 2.31. The molecular weight excluding hydrogens is 422 g/mol. The van der Waals surface area contributed by atoms with Crippen LogP contribution in [-0.4, -0.2) is 27.7 Å². The Bertz CT molecular complexity index is 1200. The molecule has 0 spiro atoms. The lowest BCUT2D eigenvalue weighted by molar-refractivity contribution is 0.170. The topological polar surface area (TPSA) is 39.5 Å². The molecule has 0 saturated heterocycles. The number of benzene rings is 3. The highest BCUT2D eigenvalue weighted by Gasteiger charge is 2.17. The summed E-state index contributed by atoms with van der Waals surface area (Å²) in [6.07, 6.45) is 3.10. The van der Waals surface area contributed by atoms with Gasteiger partial charge in [-0.2, -0.15) is 0 Å². The monoisotopic (exact) mass is 453 g/mol. The molecule has 0 saturated carbocycles. The highest BCUT2D eigenvalue weighted by molar-refractivity contribution is 5.56. The van der Waals surface area contributed by atoms with Crippen LogP contribution in [0.2, 0.25) is 0 Å². The number of imidazole rings is 1. The summed E-state index contributed by atoms with van der Waals surface area (Å²) < 4.78 is 13.9. The second-order valence-electron chi connectivity index (χ2n) is 8.70. The van der Waals surface area contributed by atoms with E-state index in [1.165, 1.54) is 16.8 Å². The predicted molar refractivity (Wildman–Crippen MR) is 135 cm³/mol. The number of ether oxygens (including phenoxy) is 2. The van der Waals surface area contributed by atoms with Gasteiger partial charge in [0.05, 0.1) is 11.9 Å². The smallest absolute Gasteiger partial charge is 0.161 e. The molecule has 0 N–H and O–H groups in total. The van der Waals surface area contributed by atoms with Gasteiger partial charge in [-0.25, -0.2) is 4.98 Å². The summed E-state index contributed by atoms with van der Waals surface area (Å²) in [6, 6.07) is 27.4. The van der Waals surface area contributed by atoms with Crippen molar-refractivity contribution in [3.8, 4) is 22.9 Å². The number of rotatable bonds is 9. The van der Waals surface area contributed by atoms with Crippen molar-refractivity contribution in [3.05, 3.63) is 102 Å². The fraction of sp³-hybridized carbons (Fsp3) is 0.276. The van der Waals surface area contributed by atoms with Crippen molar-refractivity contribution < 1.29 is 9.47 Å². The molecule has 0 bridgehead atoms. The van der Waals surface area contributed by atoms with Crippen LogP contribution in [0, 0.1) is 0 Å². The number of aromatic nitrogens is 2. The first-order valence-corrected chi connectivity index (χ1v) is 12.0.